The highest BCUT2D eigenvalue weighted by atomic mass is 16.6. The van der Waals surface area contributed by atoms with E-state index in [1.807, 2.05) is 37.3 Å². The number of rotatable bonds is 21. The molecule has 1 heterocycles. The van der Waals surface area contributed by atoms with Crippen molar-refractivity contribution in [2.24, 2.45) is 0 Å². The number of carbonyl (C=O) groups is 3. The summed E-state index contributed by atoms with van der Waals surface area (Å²) in [6.45, 7) is 4.93. The summed E-state index contributed by atoms with van der Waals surface area (Å²) in [7, 11) is 1.40. The number of ether oxygens (including phenoxy) is 2. The number of nitrogens with one attached hydrogen (secondary N) is 1. The Bertz CT molecular complexity index is 2350. The Balaban J connectivity index is 1.17. The lowest BCUT2D eigenvalue weighted by Crippen LogP contribution is -2.49. The molecular weight excluding hydrogens is 787 g/mol. The molecule has 13 heteroatoms. The van der Waals surface area contributed by atoms with Gasteiger partial charge >= 0.3 is 6.03 Å². The van der Waals surface area contributed by atoms with E-state index in [-0.39, 0.29) is 47.2 Å². The summed E-state index contributed by atoms with van der Waals surface area (Å²) < 4.78 is 12.6. The van der Waals surface area contributed by atoms with Crippen LogP contribution in [0, 0.1) is 17.0 Å². The lowest BCUT2D eigenvalue weighted by molar-refractivity contribution is -0.384. The van der Waals surface area contributed by atoms with Crippen LogP contribution >= 0.6 is 0 Å². The number of aromatic hydroxyl groups is 1. The maximum absolute atomic E-state index is 14.2. The van der Waals surface area contributed by atoms with Crippen LogP contribution in [0.1, 0.15) is 106 Å². The number of imide groups is 1. The molecule has 5 aromatic rings. The number of urea groups is 1. The predicted molar refractivity (Wildman–Crippen MR) is 244 cm³/mol. The summed E-state index contributed by atoms with van der Waals surface area (Å²) in [5, 5.41) is 29.7. The number of nitro groups is 1. The van der Waals surface area contributed by atoms with Gasteiger partial charge in [0.1, 0.15) is 17.2 Å². The van der Waals surface area contributed by atoms with Crippen LogP contribution in [0.15, 0.2) is 97.1 Å². The van der Waals surface area contributed by atoms with Crippen LogP contribution in [0.2, 0.25) is 0 Å². The number of hydrazine groups is 1. The van der Waals surface area contributed by atoms with Gasteiger partial charge in [-0.3, -0.25) is 29.6 Å². The second kappa shape index (κ2) is 21.8. The first-order valence-corrected chi connectivity index (χ1v) is 21.8. The number of amides is 4. The molecule has 0 radical (unpaired) electrons. The van der Waals surface area contributed by atoms with Crippen LogP contribution in [0.4, 0.5) is 27.5 Å². The maximum atomic E-state index is 14.2. The number of phenolic OH excluding ortho intramolecular Hbond substituents is 1. The SMILES string of the molecule is CCCCCCCCCCCCCCOc1ccccc1NC(=O)c1cc(Oc2ccc([N+](=O)[O-])cc2N(C)C(=O)N2C(=O)CCN2c2ccc(C)cc2)c2ccccc2c1O. The van der Waals surface area contributed by atoms with Gasteiger partial charge in [0.2, 0.25) is 0 Å². The number of hydrogen-bond donors (Lipinski definition) is 2. The van der Waals surface area contributed by atoms with Crippen molar-refractivity contribution in [3.63, 3.8) is 0 Å². The van der Waals surface area contributed by atoms with Gasteiger partial charge in [-0.25, -0.2) is 4.79 Å². The lowest BCUT2D eigenvalue weighted by atomic mass is 10.0. The molecule has 4 amide bonds. The molecule has 0 saturated carbocycles. The Morgan fingerprint density at radius 3 is 2.10 bits per heavy atom. The number of carbonyl (C=O) groups excluding carboxylic acids is 3. The van der Waals surface area contributed by atoms with Crippen LogP contribution in [0.25, 0.3) is 10.8 Å². The zero-order valence-electron chi connectivity index (χ0n) is 35.9. The van der Waals surface area contributed by atoms with E-state index in [9.17, 15) is 29.6 Å². The van der Waals surface area contributed by atoms with E-state index in [1.165, 1.54) is 89.1 Å². The predicted octanol–water partition coefficient (Wildman–Crippen LogP) is 12.1. The monoisotopic (exact) mass is 843 g/mol. The zero-order chi connectivity index (χ0) is 44.0. The fourth-order valence-electron chi connectivity index (χ4n) is 7.64. The summed E-state index contributed by atoms with van der Waals surface area (Å²) in [5.41, 5.74) is 1.66. The molecule has 2 N–H and O–H groups in total. The standard InChI is InChI=1S/C49H57N5O8/c1-4-5-6-7-8-9-10-11-12-13-14-19-32-61-43-23-18-17-22-41(43)50-48(57)40-34-45(38-20-15-16-21-39(38)47(40)56)62-44-29-28-37(54(59)60)33-42(44)51(3)49(58)53-46(55)30-31-52(53)36-26-24-35(2)25-27-36/h15-18,20-29,33-34,56H,4-14,19,30-32H2,1-3H3,(H,50,57). The second-order valence-corrected chi connectivity index (χ2v) is 15.8. The molecule has 0 atom stereocenters. The summed E-state index contributed by atoms with van der Waals surface area (Å²) in [5.74, 6) is -0.679. The lowest BCUT2D eigenvalue weighted by Gasteiger charge is -2.32. The largest absolute Gasteiger partial charge is 0.506 e. The van der Waals surface area contributed by atoms with Gasteiger partial charge in [0.05, 0.1) is 34.2 Å². The fraction of sp³-hybridized carbons (Fsp3) is 0.367. The van der Waals surface area contributed by atoms with Crippen molar-refractivity contribution in [3.8, 4) is 23.0 Å². The molecule has 1 aliphatic rings. The first-order valence-electron chi connectivity index (χ1n) is 21.8. The van der Waals surface area contributed by atoms with Crippen LogP contribution < -0.4 is 24.7 Å². The molecule has 0 aliphatic carbocycles. The number of nitro benzene ring substituents is 1. The van der Waals surface area contributed by atoms with E-state index in [0.717, 1.165) is 34.7 Å². The van der Waals surface area contributed by atoms with Crippen molar-refractivity contribution >= 4 is 51.4 Å². The molecule has 0 bridgehead atoms. The topological polar surface area (TPSA) is 155 Å². The average molecular weight is 844 g/mol. The van der Waals surface area contributed by atoms with Crippen molar-refractivity contribution < 1.29 is 33.9 Å². The van der Waals surface area contributed by atoms with E-state index in [4.69, 9.17) is 9.47 Å². The highest BCUT2D eigenvalue weighted by molar-refractivity contribution is 6.12. The number of benzene rings is 5. The number of phenols is 1. The normalized spacial score (nSPS) is 12.5. The molecule has 0 aromatic heterocycles. The van der Waals surface area contributed by atoms with Crippen molar-refractivity contribution in [2.75, 3.05) is 35.4 Å². The number of aryl methyl sites for hydroxylation is 1. The van der Waals surface area contributed by atoms with Crippen LogP contribution in [-0.4, -0.2) is 53.1 Å². The highest BCUT2D eigenvalue weighted by Gasteiger charge is 2.38. The van der Waals surface area contributed by atoms with Gasteiger partial charge in [0, 0.05) is 42.9 Å². The fourth-order valence-corrected chi connectivity index (χ4v) is 7.64. The summed E-state index contributed by atoms with van der Waals surface area (Å²) in [4.78, 5) is 53.8. The summed E-state index contributed by atoms with van der Waals surface area (Å²) in [6, 6.07) is 25.7. The Hall–Kier alpha value is -6.63. The minimum atomic E-state index is -0.756. The molecule has 13 nitrogen and oxygen atoms in total. The Morgan fingerprint density at radius 2 is 1.42 bits per heavy atom. The Kier molecular flexibility index (Phi) is 15.8. The molecule has 0 unspecified atom stereocenters. The number of hydrogen-bond acceptors (Lipinski definition) is 9. The van der Waals surface area contributed by atoms with Crippen molar-refractivity contribution in [1.82, 2.24) is 5.01 Å². The molecule has 326 valence electrons. The third-order valence-electron chi connectivity index (χ3n) is 11.2. The second-order valence-electron chi connectivity index (χ2n) is 15.8. The number of non-ortho nitro benzene ring substituents is 1. The maximum Gasteiger partial charge on any atom is 0.350 e. The molecule has 6 rings (SSSR count). The number of nitrogens with zero attached hydrogens (tertiary/aromatic N) is 4. The first-order chi connectivity index (χ1) is 30.1. The first kappa shape index (κ1) is 44.9. The Labute approximate surface area is 363 Å². The molecule has 5 aromatic carbocycles. The van der Waals surface area contributed by atoms with Crippen LogP contribution in [0.3, 0.4) is 0 Å². The summed E-state index contributed by atoms with van der Waals surface area (Å²) >= 11 is 0. The van der Waals surface area contributed by atoms with E-state index in [2.05, 4.69) is 12.2 Å². The quantitative estimate of drug-likeness (QED) is 0.0417. The summed E-state index contributed by atoms with van der Waals surface area (Å²) in [6.07, 6.45) is 14.9. The van der Waals surface area contributed by atoms with Crippen LogP contribution in [0.5, 0.6) is 23.0 Å². The molecule has 62 heavy (non-hydrogen) atoms. The molecular formula is C49H57N5O8. The number of fused-ring (bicyclic) bond motifs is 1. The van der Waals surface area contributed by atoms with E-state index >= 15 is 0 Å². The van der Waals surface area contributed by atoms with Crippen LogP contribution in [-0.2, 0) is 4.79 Å². The molecule has 1 aliphatic heterocycles. The van der Waals surface area contributed by atoms with Crippen molar-refractivity contribution in [2.45, 2.75) is 97.3 Å². The van der Waals surface area contributed by atoms with E-state index in [1.54, 1.807) is 47.5 Å². The van der Waals surface area contributed by atoms with Gasteiger partial charge in [-0.05, 0) is 49.7 Å². The third kappa shape index (κ3) is 11.2. The number of anilines is 3. The minimum Gasteiger partial charge on any atom is -0.506 e. The minimum absolute atomic E-state index is 0.00449. The number of para-hydroxylation sites is 2. The van der Waals surface area contributed by atoms with E-state index < -0.39 is 22.8 Å². The highest BCUT2D eigenvalue weighted by Crippen LogP contribution is 2.42. The van der Waals surface area contributed by atoms with Gasteiger partial charge < -0.3 is 19.9 Å². The van der Waals surface area contributed by atoms with E-state index in [0.29, 0.717) is 34.5 Å². The third-order valence-corrected chi connectivity index (χ3v) is 11.2. The van der Waals surface area contributed by atoms with Gasteiger partial charge in [-0.2, -0.15) is 5.01 Å². The number of unbranched alkanes of at least 4 members (excludes halogenated alkanes) is 11. The van der Waals surface area contributed by atoms with Gasteiger partial charge in [0.15, 0.2) is 5.75 Å². The molecule has 0 spiro atoms. The van der Waals surface area contributed by atoms with Gasteiger partial charge in [-0.15, -0.1) is 0 Å². The van der Waals surface area contributed by atoms with Crippen molar-refractivity contribution in [1.29, 1.82) is 0 Å². The zero-order valence-corrected chi connectivity index (χ0v) is 35.9. The Morgan fingerprint density at radius 1 is 0.790 bits per heavy atom. The molecule has 1 fully saturated rings. The average Bonchev–Trinajstić information content (AvgIpc) is 3.67. The molecule has 1 saturated heterocycles. The van der Waals surface area contributed by atoms with Gasteiger partial charge in [-0.1, -0.05) is 132 Å². The smallest absolute Gasteiger partial charge is 0.350 e. The van der Waals surface area contributed by atoms with Gasteiger partial charge in [0.25, 0.3) is 17.5 Å². The van der Waals surface area contributed by atoms with Crippen molar-refractivity contribution in [3.05, 3.63) is 118 Å².